The van der Waals surface area contributed by atoms with Crippen LogP contribution in [0.15, 0.2) is 14.8 Å². The van der Waals surface area contributed by atoms with E-state index >= 15 is 0 Å². The summed E-state index contributed by atoms with van der Waals surface area (Å²) >= 11 is 2.51. The first-order chi connectivity index (χ1) is 9.45. The molecule has 0 aliphatic carbocycles. The van der Waals surface area contributed by atoms with E-state index in [4.69, 9.17) is 9.52 Å². The van der Waals surface area contributed by atoms with E-state index in [0.29, 0.717) is 9.47 Å². The first-order valence-electron chi connectivity index (χ1n) is 5.97. The van der Waals surface area contributed by atoms with E-state index in [2.05, 4.69) is 15.5 Å². The van der Waals surface area contributed by atoms with Crippen LogP contribution in [0.4, 0.5) is 5.13 Å². The largest absolute Gasteiger partial charge is 0.481 e. The fourth-order valence-corrected chi connectivity index (χ4v) is 3.35. The molecular weight excluding hydrogens is 298 g/mol. The molecular formula is C12H15N3O3S2. The quantitative estimate of drug-likeness (QED) is 0.792. The Morgan fingerprint density at radius 1 is 1.55 bits per heavy atom. The summed E-state index contributed by atoms with van der Waals surface area (Å²) in [5.41, 5.74) is 1.08. The first kappa shape index (κ1) is 14.9. The van der Waals surface area contributed by atoms with Crippen LogP contribution in [0.2, 0.25) is 0 Å². The molecule has 2 heterocycles. The number of hydrogen-bond donors (Lipinski definition) is 2. The van der Waals surface area contributed by atoms with Crippen LogP contribution in [0.1, 0.15) is 30.0 Å². The van der Waals surface area contributed by atoms with E-state index in [1.807, 2.05) is 26.8 Å². The number of carboxylic acid groups (broad SMARTS) is 1. The lowest BCUT2D eigenvalue weighted by molar-refractivity contribution is -0.133. The van der Waals surface area contributed by atoms with Gasteiger partial charge in [-0.05, 0) is 26.8 Å². The van der Waals surface area contributed by atoms with Gasteiger partial charge in [-0.3, -0.25) is 4.79 Å². The minimum absolute atomic E-state index is 0.00970. The van der Waals surface area contributed by atoms with Crippen LogP contribution in [0.25, 0.3) is 0 Å². The first-order valence-corrected chi connectivity index (χ1v) is 7.77. The van der Waals surface area contributed by atoms with Gasteiger partial charge < -0.3 is 14.8 Å². The Kier molecular flexibility index (Phi) is 4.66. The number of carbonyl (C=O) groups is 1. The Morgan fingerprint density at radius 2 is 2.30 bits per heavy atom. The minimum atomic E-state index is -0.863. The van der Waals surface area contributed by atoms with E-state index in [9.17, 15) is 4.79 Å². The fourth-order valence-electron chi connectivity index (χ4n) is 1.79. The molecule has 6 nitrogen and oxygen atoms in total. The molecule has 0 amide bonds. The van der Waals surface area contributed by atoms with Gasteiger partial charge in [0.1, 0.15) is 11.5 Å². The summed E-state index contributed by atoms with van der Waals surface area (Å²) in [4.78, 5) is 10.5. The highest BCUT2D eigenvalue weighted by atomic mass is 32.2. The van der Waals surface area contributed by atoms with E-state index in [1.165, 1.54) is 23.1 Å². The van der Waals surface area contributed by atoms with Gasteiger partial charge in [0.25, 0.3) is 0 Å². The summed E-state index contributed by atoms with van der Waals surface area (Å²) in [6.45, 7) is 5.85. The van der Waals surface area contributed by atoms with E-state index in [-0.39, 0.29) is 11.8 Å². The molecule has 0 aliphatic heterocycles. The molecule has 108 valence electrons. The number of aromatic nitrogens is 2. The molecule has 0 aromatic carbocycles. The summed E-state index contributed by atoms with van der Waals surface area (Å²) in [5.74, 6) is 0.885. The smallest absolute Gasteiger partial charge is 0.313 e. The van der Waals surface area contributed by atoms with Crippen LogP contribution in [0.3, 0.4) is 0 Å². The van der Waals surface area contributed by atoms with Gasteiger partial charge in [0.2, 0.25) is 5.13 Å². The van der Waals surface area contributed by atoms with Gasteiger partial charge in [0.05, 0.1) is 11.8 Å². The van der Waals surface area contributed by atoms with Crippen molar-refractivity contribution in [2.45, 2.75) is 31.2 Å². The molecule has 0 saturated heterocycles. The molecule has 2 aromatic rings. The zero-order valence-corrected chi connectivity index (χ0v) is 13.0. The predicted molar refractivity (Wildman–Crippen MR) is 78.5 cm³/mol. The molecule has 0 spiro atoms. The summed E-state index contributed by atoms with van der Waals surface area (Å²) in [6, 6.07) is 2.05. The Bertz CT molecular complexity index is 609. The average Bonchev–Trinajstić information content (AvgIpc) is 2.93. The minimum Gasteiger partial charge on any atom is -0.481 e. The Morgan fingerprint density at radius 3 is 2.90 bits per heavy atom. The molecule has 1 atom stereocenters. The number of nitrogens with zero attached hydrogens (tertiary/aromatic N) is 2. The molecule has 2 rings (SSSR count). The molecule has 0 radical (unpaired) electrons. The third-order valence-electron chi connectivity index (χ3n) is 2.61. The van der Waals surface area contributed by atoms with Crippen LogP contribution in [-0.2, 0) is 4.79 Å². The normalized spacial score (nSPS) is 12.3. The monoisotopic (exact) mass is 313 g/mol. The number of aliphatic carboxylic acids is 1. The molecule has 8 heteroatoms. The molecule has 0 fully saturated rings. The Hall–Kier alpha value is -1.54. The van der Waals surface area contributed by atoms with Gasteiger partial charge in [-0.1, -0.05) is 23.1 Å². The molecule has 2 N–H and O–H groups in total. The summed E-state index contributed by atoms with van der Waals surface area (Å²) in [7, 11) is 0. The van der Waals surface area contributed by atoms with Crippen molar-refractivity contribution in [3.05, 3.63) is 23.2 Å². The van der Waals surface area contributed by atoms with Gasteiger partial charge in [-0.25, -0.2) is 0 Å². The van der Waals surface area contributed by atoms with Crippen molar-refractivity contribution in [3.8, 4) is 0 Å². The van der Waals surface area contributed by atoms with Gasteiger partial charge in [0, 0.05) is 5.56 Å². The summed E-state index contributed by atoms with van der Waals surface area (Å²) in [5, 5.41) is 20.5. The molecule has 1 unspecified atom stereocenters. The maximum absolute atomic E-state index is 10.5. The predicted octanol–water partition coefficient (Wildman–Crippen LogP) is 3.10. The van der Waals surface area contributed by atoms with Crippen molar-refractivity contribution >= 4 is 34.2 Å². The number of aryl methyl sites for hydroxylation is 2. The Labute approximate surface area is 124 Å². The molecule has 0 saturated carbocycles. The van der Waals surface area contributed by atoms with Crippen molar-refractivity contribution in [2.75, 3.05) is 11.1 Å². The molecule has 0 bridgehead atoms. The SMILES string of the molecule is Cc1cc(C(C)Nc2nnc(SCC(=O)O)s2)c(C)o1. The van der Waals surface area contributed by atoms with Crippen LogP contribution < -0.4 is 5.32 Å². The standard InChI is InChI=1S/C12H15N3O3S2/c1-6-4-9(8(3)18-6)7(2)13-11-14-15-12(20-11)19-5-10(16)17/h4,7H,5H2,1-3H3,(H,13,14)(H,16,17). The number of hydrogen-bond acceptors (Lipinski definition) is 7. The van der Waals surface area contributed by atoms with E-state index < -0.39 is 5.97 Å². The van der Waals surface area contributed by atoms with Gasteiger partial charge in [0.15, 0.2) is 4.34 Å². The lowest BCUT2D eigenvalue weighted by Crippen LogP contribution is -2.06. The highest BCUT2D eigenvalue weighted by Gasteiger charge is 2.15. The zero-order valence-electron chi connectivity index (χ0n) is 11.3. The number of rotatable bonds is 6. The molecule has 2 aromatic heterocycles. The van der Waals surface area contributed by atoms with Crippen molar-refractivity contribution < 1.29 is 14.3 Å². The number of thioether (sulfide) groups is 1. The molecule has 20 heavy (non-hydrogen) atoms. The fraction of sp³-hybridized carbons (Fsp3) is 0.417. The number of nitrogens with one attached hydrogen (secondary N) is 1. The molecule has 0 aliphatic rings. The third kappa shape index (κ3) is 3.73. The van der Waals surface area contributed by atoms with Crippen LogP contribution in [0, 0.1) is 13.8 Å². The maximum Gasteiger partial charge on any atom is 0.313 e. The van der Waals surface area contributed by atoms with Gasteiger partial charge in [-0.2, -0.15) is 0 Å². The second-order valence-corrected chi connectivity index (χ2v) is 6.49. The summed E-state index contributed by atoms with van der Waals surface area (Å²) in [6.07, 6.45) is 0. The van der Waals surface area contributed by atoms with Crippen molar-refractivity contribution in [2.24, 2.45) is 0 Å². The second kappa shape index (κ2) is 6.27. The van der Waals surface area contributed by atoms with Crippen LogP contribution >= 0.6 is 23.1 Å². The number of anilines is 1. The highest BCUT2D eigenvalue weighted by molar-refractivity contribution is 8.01. The number of furan rings is 1. The van der Waals surface area contributed by atoms with Gasteiger partial charge >= 0.3 is 5.97 Å². The zero-order chi connectivity index (χ0) is 14.7. The topological polar surface area (TPSA) is 88.2 Å². The second-order valence-electron chi connectivity index (χ2n) is 4.29. The van der Waals surface area contributed by atoms with E-state index in [1.54, 1.807) is 0 Å². The lowest BCUT2D eigenvalue weighted by Gasteiger charge is -2.10. The third-order valence-corrected chi connectivity index (χ3v) is 4.58. The number of carboxylic acids is 1. The van der Waals surface area contributed by atoms with Crippen LogP contribution in [0.5, 0.6) is 0 Å². The van der Waals surface area contributed by atoms with Crippen molar-refractivity contribution in [1.82, 2.24) is 10.2 Å². The lowest BCUT2D eigenvalue weighted by atomic mass is 10.1. The van der Waals surface area contributed by atoms with Gasteiger partial charge in [-0.15, -0.1) is 10.2 Å². The van der Waals surface area contributed by atoms with Crippen molar-refractivity contribution in [3.63, 3.8) is 0 Å². The van der Waals surface area contributed by atoms with Crippen molar-refractivity contribution in [1.29, 1.82) is 0 Å². The average molecular weight is 313 g/mol. The maximum atomic E-state index is 10.5. The highest BCUT2D eigenvalue weighted by Crippen LogP contribution is 2.29. The van der Waals surface area contributed by atoms with E-state index in [0.717, 1.165) is 17.1 Å². The Balaban J connectivity index is 1.99. The van der Waals surface area contributed by atoms with Crippen LogP contribution in [-0.4, -0.2) is 27.0 Å². The summed E-state index contributed by atoms with van der Waals surface area (Å²) < 4.78 is 6.14.